The van der Waals surface area contributed by atoms with Gasteiger partial charge < -0.3 is 15.6 Å². The third-order valence-corrected chi connectivity index (χ3v) is 6.06. The van der Waals surface area contributed by atoms with Crippen LogP contribution in [-0.4, -0.2) is 36.7 Å². The standard InChI is InChI=1S/C21H15ClF3N7O2S/c1-10-2-3-11(6-12(10)21(23,24)25)32-19(33)13-7-28-14(35-13)8-29-20(34)17-15(22)16(30-9-31-17)18-26-4-5-27-18/h2-7,9H,8H2,1H3,(H,26,27)(H,29,34)(H,32,33). The molecule has 3 aromatic heterocycles. The highest BCUT2D eigenvalue weighted by molar-refractivity contribution is 7.13. The van der Waals surface area contributed by atoms with Crippen molar-refractivity contribution in [3.8, 4) is 11.5 Å². The van der Waals surface area contributed by atoms with Gasteiger partial charge in [-0.2, -0.15) is 13.2 Å². The number of hydrogen-bond donors (Lipinski definition) is 3. The molecule has 0 fully saturated rings. The maximum atomic E-state index is 13.1. The number of benzene rings is 1. The van der Waals surface area contributed by atoms with Crippen molar-refractivity contribution in [3.05, 3.63) is 74.8 Å². The Morgan fingerprint density at radius 2 is 1.94 bits per heavy atom. The number of amides is 2. The molecule has 35 heavy (non-hydrogen) atoms. The average Bonchev–Trinajstić information content (AvgIpc) is 3.51. The minimum absolute atomic E-state index is 0.00180. The minimum Gasteiger partial charge on any atom is -0.344 e. The number of imidazole rings is 1. The van der Waals surface area contributed by atoms with Gasteiger partial charge in [0.2, 0.25) is 0 Å². The lowest BCUT2D eigenvalue weighted by Gasteiger charge is -2.12. The summed E-state index contributed by atoms with van der Waals surface area (Å²) in [6.07, 6.45) is 1.01. The minimum atomic E-state index is -4.54. The lowest BCUT2D eigenvalue weighted by atomic mass is 10.1. The second-order valence-corrected chi connectivity index (χ2v) is 8.60. The van der Waals surface area contributed by atoms with Crippen molar-refractivity contribution >= 4 is 40.4 Å². The molecule has 3 N–H and O–H groups in total. The molecule has 0 atom stereocenters. The maximum Gasteiger partial charge on any atom is 0.416 e. The topological polar surface area (TPSA) is 126 Å². The van der Waals surface area contributed by atoms with Gasteiger partial charge in [-0.1, -0.05) is 17.7 Å². The Morgan fingerprint density at radius 1 is 1.14 bits per heavy atom. The number of aromatic amines is 1. The quantitative estimate of drug-likeness (QED) is 0.343. The second kappa shape index (κ2) is 9.80. The summed E-state index contributed by atoms with van der Waals surface area (Å²) >= 11 is 7.24. The number of halogens is 4. The van der Waals surface area contributed by atoms with Crippen LogP contribution in [0.1, 0.15) is 36.3 Å². The van der Waals surface area contributed by atoms with E-state index in [4.69, 9.17) is 11.6 Å². The van der Waals surface area contributed by atoms with Gasteiger partial charge >= 0.3 is 6.18 Å². The van der Waals surface area contributed by atoms with E-state index in [9.17, 15) is 22.8 Å². The third-order valence-electron chi connectivity index (χ3n) is 4.71. The van der Waals surface area contributed by atoms with Gasteiger partial charge in [0.15, 0.2) is 11.5 Å². The van der Waals surface area contributed by atoms with E-state index < -0.39 is 23.6 Å². The number of aromatic nitrogens is 5. The van der Waals surface area contributed by atoms with E-state index in [0.717, 1.165) is 17.4 Å². The summed E-state index contributed by atoms with van der Waals surface area (Å²) in [4.78, 5) is 44.1. The lowest BCUT2D eigenvalue weighted by Crippen LogP contribution is -2.24. The van der Waals surface area contributed by atoms with E-state index in [1.165, 1.54) is 37.8 Å². The number of anilines is 1. The lowest BCUT2D eigenvalue weighted by molar-refractivity contribution is -0.138. The Bertz CT molecular complexity index is 1390. The number of nitrogens with one attached hydrogen (secondary N) is 3. The van der Waals surface area contributed by atoms with E-state index >= 15 is 0 Å². The van der Waals surface area contributed by atoms with E-state index in [1.807, 2.05) is 0 Å². The van der Waals surface area contributed by atoms with Crippen LogP contribution in [-0.2, 0) is 12.7 Å². The Labute approximate surface area is 204 Å². The number of H-pyrrole nitrogens is 1. The van der Waals surface area contributed by atoms with Gasteiger partial charge in [-0.25, -0.2) is 19.9 Å². The largest absolute Gasteiger partial charge is 0.416 e. The number of carbonyl (C=O) groups excluding carboxylic acids is 2. The molecular formula is C21H15ClF3N7O2S. The number of alkyl halides is 3. The zero-order valence-corrected chi connectivity index (χ0v) is 19.3. The van der Waals surface area contributed by atoms with Crippen LogP contribution in [0.2, 0.25) is 5.02 Å². The normalized spacial score (nSPS) is 11.3. The first-order chi connectivity index (χ1) is 16.6. The molecule has 3 heterocycles. The number of rotatable bonds is 6. The van der Waals surface area contributed by atoms with Gasteiger partial charge in [0.05, 0.1) is 18.3 Å². The molecule has 0 radical (unpaired) electrons. The van der Waals surface area contributed by atoms with E-state index in [0.29, 0.717) is 10.8 Å². The Hall–Kier alpha value is -3.84. The molecule has 0 saturated carbocycles. The Kier molecular flexibility index (Phi) is 6.80. The summed E-state index contributed by atoms with van der Waals surface area (Å²) in [7, 11) is 0. The molecule has 4 rings (SSSR count). The highest BCUT2D eigenvalue weighted by atomic mass is 35.5. The maximum absolute atomic E-state index is 13.1. The Morgan fingerprint density at radius 3 is 2.66 bits per heavy atom. The molecule has 0 saturated heterocycles. The molecule has 0 aliphatic heterocycles. The predicted molar refractivity (Wildman–Crippen MR) is 122 cm³/mol. The molecule has 9 nitrogen and oxygen atoms in total. The summed E-state index contributed by atoms with van der Waals surface area (Å²) in [5, 5.41) is 5.44. The molecule has 0 aliphatic carbocycles. The van der Waals surface area contributed by atoms with Crippen LogP contribution in [0, 0.1) is 6.92 Å². The molecule has 0 unspecified atom stereocenters. The Balaban J connectivity index is 1.41. The molecule has 14 heteroatoms. The van der Waals surface area contributed by atoms with E-state index in [1.54, 1.807) is 6.20 Å². The van der Waals surface area contributed by atoms with Gasteiger partial charge in [0, 0.05) is 18.1 Å². The fraction of sp³-hybridized carbons (Fsp3) is 0.143. The smallest absolute Gasteiger partial charge is 0.344 e. The zero-order valence-electron chi connectivity index (χ0n) is 17.8. The van der Waals surface area contributed by atoms with Crippen LogP contribution in [0.5, 0.6) is 0 Å². The highest BCUT2D eigenvalue weighted by Crippen LogP contribution is 2.33. The third kappa shape index (κ3) is 5.46. The molecule has 4 aromatic rings. The zero-order chi connectivity index (χ0) is 25.2. The summed E-state index contributed by atoms with van der Waals surface area (Å²) in [5.74, 6) is -0.845. The van der Waals surface area contributed by atoms with Gasteiger partial charge in [0.25, 0.3) is 11.8 Å². The number of thiazole rings is 1. The molecule has 0 bridgehead atoms. The van der Waals surface area contributed by atoms with Gasteiger partial charge in [0.1, 0.15) is 26.9 Å². The van der Waals surface area contributed by atoms with Crippen molar-refractivity contribution in [1.82, 2.24) is 30.2 Å². The summed E-state index contributed by atoms with van der Waals surface area (Å²) < 4.78 is 39.3. The molecule has 2 amide bonds. The first-order valence-corrected chi connectivity index (χ1v) is 11.0. The molecule has 0 aliphatic rings. The second-order valence-electron chi connectivity index (χ2n) is 7.11. The predicted octanol–water partition coefficient (Wildman–Crippen LogP) is 4.49. The van der Waals surface area contributed by atoms with Crippen molar-refractivity contribution in [2.45, 2.75) is 19.6 Å². The van der Waals surface area contributed by atoms with E-state index in [-0.39, 0.29) is 39.1 Å². The fourth-order valence-electron chi connectivity index (χ4n) is 3.02. The number of hydrogen-bond acceptors (Lipinski definition) is 7. The summed E-state index contributed by atoms with van der Waals surface area (Å²) in [5.41, 5.74) is -0.591. The van der Waals surface area contributed by atoms with Crippen molar-refractivity contribution < 1.29 is 22.8 Å². The number of carbonyl (C=O) groups is 2. The molecular weight excluding hydrogens is 507 g/mol. The molecule has 0 spiro atoms. The van der Waals surface area contributed by atoms with Crippen molar-refractivity contribution in [3.63, 3.8) is 0 Å². The SMILES string of the molecule is Cc1ccc(NC(=O)c2cnc(CNC(=O)c3ncnc(-c4ncc[nH]4)c3Cl)s2)cc1C(F)(F)F. The van der Waals surface area contributed by atoms with Crippen LogP contribution in [0.15, 0.2) is 43.1 Å². The van der Waals surface area contributed by atoms with Crippen LogP contribution < -0.4 is 10.6 Å². The highest BCUT2D eigenvalue weighted by Gasteiger charge is 2.32. The number of aryl methyl sites for hydroxylation is 1. The van der Waals surface area contributed by atoms with Crippen LogP contribution in [0.4, 0.5) is 18.9 Å². The van der Waals surface area contributed by atoms with Crippen LogP contribution >= 0.6 is 22.9 Å². The fourth-order valence-corrected chi connectivity index (χ4v) is 4.05. The summed E-state index contributed by atoms with van der Waals surface area (Å²) in [6.45, 7) is 1.31. The first-order valence-electron chi connectivity index (χ1n) is 9.86. The number of nitrogens with zero attached hydrogens (tertiary/aromatic N) is 4. The van der Waals surface area contributed by atoms with Gasteiger partial charge in [-0.15, -0.1) is 11.3 Å². The van der Waals surface area contributed by atoms with Gasteiger partial charge in [-0.3, -0.25) is 9.59 Å². The average molecular weight is 522 g/mol. The van der Waals surface area contributed by atoms with Crippen molar-refractivity contribution in [2.75, 3.05) is 5.32 Å². The first kappa shape index (κ1) is 24.3. The van der Waals surface area contributed by atoms with Gasteiger partial charge in [-0.05, 0) is 24.6 Å². The monoisotopic (exact) mass is 521 g/mol. The van der Waals surface area contributed by atoms with E-state index in [2.05, 4.69) is 35.6 Å². The van der Waals surface area contributed by atoms with Crippen molar-refractivity contribution in [1.29, 1.82) is 0 Å². The van der Waals surface area contributed by atoms with Crippen LogP contribution in [0.25, 0.3) is 11.5 Å². The van der Waals surface area contributed by atoms with Crippen molar-refractivity contribution in [2.24, 2.45) is 0 Å². The molecule has 1 aromatic carbocycles. The molecule has 180 valence electrons. The van der Waals surface area contributed by atoms with Crippen LogP contribution in [0.3, 0.4) is 0 Å². The summed E-state index contributed by atoms with van der Waals surface area (Å²) in [6, 6.07) is 3.53.